The van der Waals surface area contributed by atoms with Crippen molar-refractivity contribution in [3.8, 4) is 0 Å². The van der Waals surface area contributed by atoms with Crippen molar-refractivity contribution in [2.24, 2.45) is 5.73 Å². The summed E-state index contributed by atoms with van der Waals surface area (Å²) in [5, 5.41) is 8.41. The number of benzene rings is 1. The molecule has 1 unspecified atom stereocenters. The largest absolute Gasteiger partial charge is 0.388 e. The standard InChI is InChI=1S/C12H16N4S/c1-7-3-4-9-10(5-7)16-12(15-9)17-8(2)6-11(13)14/h3-5,8H,6H2,1-2H3,(H3,13,14)(H,15,16). The summed E-state index contributed by atoms with van der Waals surface area (Å²) in [5.41, 5.74) is 8.64. The maximum atomic E-state index is 7.26. The molecule has 0 amide bonds. The number of nitrogens with one attached hydrogen (secondary N) is 2. The fraction of sp³-hybridized carbons (Fsp3) is 0.333. The van der Waals surface area contributed by atoms with E-state index in [1.165, 1.54) is 5.56 Å². The number of amidine groups is 1. The summed E-state index contributed by atoms with van der Waals surface area (Å²) in [5.74, 6) is 0.219. The molecule has 0 aliphatic heterocycles. The van der Waals surface area contributed by atoms with Crippen LogP contribution in [0.5, 0.6) is 0 Å². The van der Waals surface area contributed by atoms with Crippen LogP contribution in [0.3, 0.4) is 0 Å². The van der Waals surface area contributed by atoms with E-state index in [4.69, 9.17) is 11.1 Å². The lowest BCUT2D eigenvalue weighted by Gasteiger charge is -2.06. The number of hydrogen-bond acceptors (Lipinski definition) is 3. The number of aromatic amines is 1. The predicted molar refractivity (Wildman–Crippen MR) is 72.7 cm³/mol. The summed E-state index contributed by atoms with van der Waals surface area (Å²) in [6, 6.07) is 6.15. The Labute approximate surface area is 105 Å². The number of aromatic nitrogens is 2. The topological polar surface area (TPSA) is 78.6 Å². The van der Waals surface area contributed by atoms with Gasteiger partial charge in [0.2, 0.25) is 0 Å². The van der Waals surface area contributed by atoms with Gasteiger partial charge in [-0.15, -0.1) is 0 Å². The van der Waals surface area contributed by atoms with Crippen LogP contribution in [0.25, 0.3) is 11.0 Å². The van der Waals surface area contributed by atoms with Crippen LogP contribution >= 0.6 is 11.8 Å². The zero-order valence-electron chi connectivity index (χ0n) is 9.95. The zero-order chi connectivity index (χ0) is 12.4. The van der Waals surface area contributed by atoms with E-state index in [0.29, 0.717) is 6.42 Å². The molecule has 0 bridgehead atoms. The van der Waals surface area contributed by atoms with Gasteiger partial charge in [0.05, 0.1) is 16.9 Å². The lowest BCUT2D eigenvalue weighted by atomic mass is 10.2. The molecule has 1 atom stereocenters. The van der Waals surface area contributed by atoms with E-state index in [0.717, 1.165) is 16.2 Å². The molecule has 4 N–H and O–H groups in total. The number of nitrogens with two attached hydrogens (primary N) is 1. The van der Waals surface area contributed by atoms with E-state index in [2.05, 4.69) is 29.0 Å². The second-order valence-corrected chi connectivity index (χ2v) is 5.65. The third-order valence-electron chi connectivity index (χ3n) is 2.44. The average Bonchev–Trinajstić information content (AvgIpc) is 2.57. The summed E-state index contributed by atoms with van der Waals surface area (Å²) in [6.07, 6.45) is 0.584. The number of aryl methyl sites for hydroxylation is 1. The summed E-state index contributed by atoms with van der Waals surface area (Å²) in [6.45, 7) is 4.11. The van der Waals surface area contributed by atoms with Crippen LogP contribution in [0.4, 0.5) is 0 Å². The van der Waals surface area contributed by atoms with Gasteiger partial charge >= 0.3 is 0 Å². The Balaban J connectivity index is 2.16. The fourth-order valence-electron chi connectivity index (χ4n) is 1.70. The summed E-state index contributed by atoms with van der Waals surface area (Å²) < 4.78 is 0. The Hall–Kier alpha value is -1.49. The Morgan fingerprint density at radius 3 is 3.06 bits per heavy atom. The van der Waals surface area contributed by atoms with Gasteiger partial charge in [-0.2, -0.15) is 0 Å². The van der Waals surface area contributed by atoms with Crippen molar-refractivity contribution in [3.05, 3.63) is 23.8 Å². The van der Waals surface area contributed by atoms with E-state index in [9.17, 15) is 0 Å². The summed E-state index contributed by atoms with van der Waals surface area (Å²) >= 11 is 1.62. The molecule has 0 fully saturated rings. The van der Waals surface area contributed by atoms with Gasteiger partial charge in [0.15, 0.2) is 5.16 Å². The highest BCUT2D eigenvalue weighted by Crippen LogP contribution is 2.25. The van der Waals surface area contributed by atoms with Crippen molar-refractivity contribution in [1.29, 1.82) is 5.41 Å². The van der Waals surface area contributed by atoms with Gasteiger partial charge in [-0.05, 0) is 24.6 Å². The molecule has 0 radical (unpaired) electrons. The second kappa shape index (κ2) is 4.79. The third kappa shape index (κ3) is 3.00. The number of imidazole rings is 1. The lowest BCUT2D eigenvalue weighted by molar-refractivity contribution is 0.975. The van der Waals surface area contributed by atoms with E-state index in [-0.39, 0.29) is 11.1 Å². The van der Waals surface area contributed by atoms with E-state index in [1.54, 1.807) is 11.8 Å². The Morgan fingerprint density at radius 2 is 2.35 bits per heavy atom. The van der Waals surface area contributed by atoms with Crippen LogP contribution in [0.2, 0.25) is 0 Å². The number of H-pyrrole nitrogens is 1. The third-order valence-corrected chi connectivity index (χ3v) is 3.42. The molecule has 2 rings (SSSR count). The molecule has 2 aromatic rings. The maximum Gasteiger partial charge on any atom is 0.166 e. The van der Waals surface area contributed by atoms with Gasteiger partial charge in [0.1, 0.15) is 0 Å². The van der Waals surface area contributed by atoms with E-state index >= 15 is 0 Å². The highest BCUT2D eigenvalue weighted by Gasteiger charge is 2.09. The highest BCUT2D eigenvalue weighted by molar-refractivity contribution is 7.99. The molecule has 0 spiro atoms. The van der Waals surface area contributed by atoms with Gasteiger partial charge in [0.25, 0.3) is 0 Å². The normalized spacial score (nSPS) is 12.8. The van der Waals surface area contributed by atoms with Crippen LogP contribution in [0, 0.1) is 12.3 Å². The van der Waals surface area contributed by atoms with Crippen LogP contribution in [-0.2, 0) is 0 Å². The number of fused-ring (bicyclic) bond motifs is 1. The van der Waals surface area contributed by atoms with Crippen molar-refractivity contribution < 1.29 is 0 Å². The molecule has 4 nitrogen and oxygen atoms in total. The van der Waals surface area contributed by atoms with Gasteiger partial charge in [-0.3, -0.25) is 5.41 Å². The molecular weight excluding hydrogens is 232 g/mol. The average molecular weight is 248 g/mol. The molecule has 5 heteroatoms. The smallest absolute Gasteiger partial charge is 0.166 e. The van der Waals surface area contributed by atoms with Gasteiger partial charge in [-0.25, -0.2) is 4.98 Å². The molecule has 17 heavy (non-hydrogen) atoms. The number of hydrogen-bond donors (Lipinski definition) is 3. The first kappa shape index (κ1) is 12.0. The second-order valence-electron chi connectivity index (χ2n) is 4.22. The van der Waals surface area contributed by atoms with E-state index < -0.39 is 0 Å². The van der Waals surface area contributed by atoms with Crippen LogP contribution in [0.15, 0.2) is 23.4 Å². The Kier molecular flexibility index (Phi) is 3.38. The first-order valence-electron chi connectivity index (χ1n) is 5.50. The first-order chi connectivity index (χ1) is 8.04. The number of nitrogens with zero attached hydrogens (tertiary/aromatic N) is 1. The van der Waals surface area contributed by atoms with Crippen LogP contribution < -0.4 is 5.73 Å². The van der Waals surface area contributed by atoms with Crippen LogP contribution in [0.1, 0.15) is 18.9 Å². The number of thioether (sulfide) groups is 1. The van der Waals surface area contributed by atoms with Crippen molar-refractivity contribution in [1.82, 2.24) is 9.97 Å². The SMILES string of the molecule is Cc1ccc2nc(SC(C)CC(=N)N)[nH]c2c1. The highest BCUT2D eigenvalue weighted by atomic mass is 32.2. The number of rotatable bonds is 4. The predicted octanol–water partition coefficient (Wildman–Crippen LogP) is 2.68. The fourth-order valence-corrected chi connectivity index (χ4v) is 2.66. The van der Waals surface area contributed by atoms with Gasteiger partial charge in [-0.1, -0.05) is 24.8 Å². The molecular formula is C12H16N4S. The Morgan fingerprint density at radius 1 is 1.59 bits per heavy atom. The van der Waals surface area contributed by atoms with Crippen molar-refractivity contribution in [2.75, 3.05) is 0 Å². The molecule has 0 aliphatic rings. The molecule has 0 saturated heterocycles. The minimum absolute atomic E-state index is 0.219. The Bertz CT molecular complexity index is 546. The lowest BCUT2D eigenvalue weighted by Crippen LogP contribution is -2.14. The quantitative estimate of drug-likeness (QED) is 0.442. The molecule has 0 saturated carbocycles. The minimum atomic E-state index is 0.219. The van der Waals surface area contributed by atoms with Crippen LogP contribution in [-0.4, -0.2) is 21.1 Å². The zero-order valence-corrected chi connectivity index (χ0v) is 10.8. The minimum Gasteiger partial charge on any atom is -0.388 e. The van der Waals surface area contributed by atoms with Gasteiger partial charge in [0, 0.05) is 11.7 Å². The maximum absolute atomic E-state index is 7.26. The van der Waals surface area contributed by atoms with Crippen molar-refractivity contribution in [3.63, 3.8) is 0 Å². The monoisotopic (exact) mass is 248 g/mol. The molecule has 90 valence electrons. The van der Waals surface area contributed by atoms with E-state index in [1.807, 2.05) is 13.0 Å². The summed E-state index contributed by atoms with van der Waals surface area (Å²) in [7, 11) is 0. The first-order valence-corrected chi connectivity index (χ1v) is 6.38. The van der Waals surface area contributed by atoms with Crippen molar-refractivity contribution in [2.45, 2.75) is 30.7 Å². The molecule has 1 aromatic heterocycles. The summed E-state index contributed by atoms with van der Waals surface area (Å²) in [4.78, 5) is 7.78. The molecule has 1 aromatic carbocycles. The molecule has 0 aliphatic carbocycles. The van der Waals surface area contributed by atoms with Gasteiger partial charge < -0.3 is 10.7 Å². The molecule has 1 heterocycles. The van der Waals surface area contributed by atoms with Crippen molar-refractivity contribution >= 4 is 28.6 Å².